The van der Waals surface area contributed by atoms with Crippen LogP contribution in [0.15, 0.2) is 24.3 Å². The van der Waals surface area contributed by atoms with Gasteiger partial charge in [-0.05, 0) is 50.4 Å². The molecule has 0 aromatic carbocycles. The minimum Gasteiger partial charge on any atom is -0.0885 e. The van der Waals surface area contributed by atoms with E-state index >= 15 is 0 Å². The van der Waals surface area contributed by atoms with Crippen molar-refractivity contribution in [2.75, 3.05) is 0 Å². The Bertz CT molecular complexity index is 188. The zero-order valence-electron chi connectivity index (χ0n) is 7.71. The van der Waals surface area contributed by atoms with Crippen molar-refractivity contribution >= 4 is 0 Å². The Kier molecular flexibility index (Phi) is 2.65. The second-order valence-corrected chi connectivity index (χ2v) is 4.07. The van der Waals surface area contributed by atoms with Crippen LogP contribution < -0.4 is 0 Å². The van der Waals surface area contributed by atoms with Gasteiger partial charge in [0.05, 0.1) is 0 Å². The second-order valence-electron chi connectivity index (χ2n) is 4.07. The molecule has 0 radical (unpaired) electrons. The van der Waals surface area contributed by atoms with Crippen molar-refractivity contribution in [1.29, 1.82) is 0 Å². The molecule has 66 valence electrons. The van der Waals surface area contributed by atoms with Crippen molar-refractivity contribution in [2.45, 2.75) is 38.5 Å². The Hall–Kier alpha value is -0.520. The number of fused-ring (bicyclic) bond motifs is 1. The van der Waals surface area contributed by atoms with Crippen LogP contribution in [0.5, 0.6) is 0 Å². The Morgan fingerprint density at radius 2 is 1.92 bits per heavy atom. The number of hydrogen-bond donors (Lipinski definition) is 0. The van der Waals surface area contributed by atoms with Crippen LogP contribution in [-0.4, -0.2) is 0 Å². The topological polar surface area (TPSA) is 0 Å². The van der Waals surface area contributed by atoms with Crippen molar-refractivity contribution in [2.24, 2.45) is 11.8 Å². The smallest absolute Gasteiger partial charge is 0.0170 e. The van der Waals surface area contributed by atoms with Crippen LogP contribution in [0.1, 0.15) is 38.5 Å². The van der Waals surface area contributed by atoms with Crippen LogP contribution in [0, 0.1) is 11.8 Å². The van der Waals surface area contributed by atoms with Gasteiger partial charge in [0.1, 0.15) is 0 Å². The maximum absolute atomic E-state index is 2.45. The van der Waals surface area contributed by atoms with Gasteiger partial charge in [-0.25, -0.2) is 0 Å². The van der Waals surface area contributed by atoms with Crippen molar-refractivity contribution in [3.63, 3.8) is 0 Å². The van der Waals surface area contributed by atoms with Crippen LogP contribution >= 0.6 is 0 Å². The van der Waals surface area contributed by atoms with E-state index in [0.717, 1.165) is 11.8 Å². The lowest BCUT2D eigenvalue weighted by atomic mass is 9.78. The quantitative estimate of drug-likeness (QED) is 0.476. The molecule has 0 aromatic heterocycles. The first-order valence-electron chi connectivity index (χ1n) is 5.28. The SMILES string of the molecule is C1=CCC2C=CCCC2CCC1. The molecule has 0 heteroatoms. The van der Waals surface area contributed by atoms with Gasteiger partial charge in [-0.2, -0.15) is 0 Å². The van der Waals surface area contributed by atoms with Gasteiger partial charge in [-0.3, -0.25) is 0 Å². The van der Waals surface area contributed by atoms with Gasteiger partial charge in [0.2, 0.25) is 0 Å². The van der Waals surface area contributed by atoms with E-state index in [1.165, 1.54) is 38.5 Å². The summed E-state index contributed by atoms with van der Waals surface area (Å²) in [5, 5.41) is 0. The highest BCUT2D eigenvalue weighted by atomic mass is 14.3. The number of hydrogen-bond acceptors (Lipinski definition) is 0. The fourth-order valence-electron chi connectivity index (χ4n) is 2.45. The van der Waals surface area contributed by atoms with E-state index in [-0.39, 0.29) is 0 Å². The molecule has 2 aliphatic carbocycles. The molecule has 0 aromatic rings. The number of rotatable bonds is 0. The van der Waals surface area contributed by atoms with Gasteiger partial charge in [-0.1, -0.05) is 24.3 Å². The van der Waals surface area contributed by atoms with Gasteiger partial charge < -0.3 is 0 Å². The summed E-state index contributed by atoms with van der Waals surface area (Å²) in [5.74, 6) is 1.87. The molecule has 0 amide bonds. The summed E-state index contributed by atoms with van der Waals surface area (Å²) in [7, 11) is 0. The van der Waals surface area contributed by atoms with E-state index in [1.54, 1.807) is 0 Å². The first-order chi connectivity index (χ1) is 5.97. The highest BCUT2D eigenvalue weighted by Gasteiger charge is 2.20. The largest absolute Gasteiger partial charge is 0.0885 e. The molecule has 0 N–H and O–H groups in total. The summed E-state index contributed by atoms with van der Waals surface area (Å²) >= 11 is 0. The average molecular weight is 162 g/mol. The lowest BCUT2D eigenvalue weighted by Crippen LogP contribution is -2.16. The van der Waals surface area contributed by atoms with E-state index in [2.05, 4.69) is 24.3 Å². The van der Waals surface area contributed by atoms with Crippen LogP contribution in [0.4, 0.5) is 0 Å². The first kappa shape index (κ1) is 8.10. The standard InChI is InChI=1S/C12H18/c1-2-4-8-12-10-6-5-9-11(12)7-3-1/h1,3,5,9,11-12H,2,4,6-8,10H2. The molecule has 0 spiro atoms. The number of allylic oxidation sites excluding steroid dienone is 4. The van der Waals surface area contributed by atoms with Gasteiger partial charge in [0.15, 0.2) is 0 Å². The summed E-state index contributed by atoms with van der Waals surface area (Å²) < 4.78 is 0. The lowest BCUT2D eigenvalue weighted by molar-refractivity contribution is 0.324. The molecule has 2 aliphatic rings. The van der Waals surface area contributed by atoms with E-state index < -0.39 is 0 Å². The molecule has 0 saturated carbocycles. The van der Waals surface area contributed by atoms with Crippen molar-refractivity contribution in [1.82, 2.24) is 0 Å². The highest BCUT2D eigenvalue weighted by molar-refractivity contribution is 5.01. The minimum absolute atomic E-state index is 0.871. The minimum atomic E-state index is 0.871. The van der Waals surface area contributed by atoms with Crippen LogP contribution in [-0.2, 0) is 0 Å². The van der Waals surface area contributed by atoms with Crippen molar-refractivity contribution in [3.8, 4) is 0 Å². The lowest BCUT2D eigenvalue weighted by Gasteiger charge is -2.27. The monoisotopic (exact) mass is 162 g/mol. The average Bonchev–Trinajstić information content (AvgIpc) is 2.06. The first-order valence-corrected chi connectivity index (χ1v) is 5.28. The third-order valence-corrected chi connectivity index (χ3v) is 3.21. The molecule has 2 unspecified atom stereocenters. The molecule has 0 aliphatic heterocycles. The Labute approximate surface area is 75.4 Å². The molecule has 2 rings (SSSR count). The normalized spacial score (nSPS) is 35.3. The van der Waals surface area contributed by atoms with Crippen LogP contribution in [0.3, 0.4) is 0 Å². The maximum atomic E-state index is 2.45. The molecule has 0 nitrogen and oxygen atoms in total. The molecular weight excluding hydrogens is 144 g/mol. The highest BCUT2D eigenvalue weighted by Crippen LogP contribution is 2.32. The summed E-state index contributed by atoms with van der Waals surface area (Å²) in [6.07, 6.45) is 17.8. The van der Waals surface area contributed by atoms with Gasteiger partial charge >= 0.3 is 0 Å². The zero-order chi connectivity index (χ0) is 8.23. The summed E-state index contributed by atoms with van der Waals surface area (Å²) in [6, 6.07) is 0. The molecule has 0 fully saturated rings. The molecular formula is C12H18. The summed E-state index contributed by atoms with van der Waals surface area (Å²) in [5.41, 5.74) is 0. The Morgan fingerprint density at radius 3 is 2.92 bits per heavy atom. The van der Waals surface area contributed by atoms with E-state index in [1.807, 2.05) is 0 Å². The third-order valence-electron chi connectivity index (χ3n) is 3.21. The van der Waals surface area contributed by atoms with Gasteiger partial charge in [-0.15, -0.1) is 0 Å². The van der Waals surface area contributed by atoms with E-state index in [4.69, 9.17) is 0 Å². The summed E-state index contributed by atoms with van der Waals surface area (Å²) in [4.78, 5) is 0. The molecule has 12 heavy (non-hydrogen) atoms. The molecule has 0 bridgehead atoms. The molecule has 2 atom stereocenters. The second kappa shape index (κ2) is 3.93. The van der Waals surface area contributed by atoms with Gasteiger partial charge in [0, 0.05) is 0 Å². The maximum Gasteiger partial charge on any atom is -0.0170 e. The zero-order valence-corrected chi connectivity index (χ0v) is 7.71. The van der Waals surface area contributed by atoms with Gasteiger partial charge in [0.25, 0.3) is 0 Å². The predicted octanol–water partition coefficient (Wildman–Crippen LogP) is 3.70. The van der Waals surface area contributed by atoms with Crippen LogP contribution in [0.25, 0.3) is 0 Å². The fraction of sp³-hybridized carbons (Fsp3) is 0.667. The predicted molar refractivity (Wildman–Crippen MR) is 53.0 cm³/mol. The Balaban J connectivity index is 2.05. The van der Waals surface area contributed by atoms with Crippen molar-refractivity contribution in [3.05, 3.63) is 24.3 Å². The molecule has 0 heterocycles. The van der Waals surface area contributed by atoms with Crippen molar-refractivity contribution < 1.29 is 0 Å². The Morgan fingerprint density at radius 1 is 0.917 bits per heavy atom. The summed E-state index contributed by atoms with van der Waals surface area (Å²) in [6.45, 7) is 0. The van der Waals surface area contributed by atoms with E-state index in [9.17, 15) is 0 Å². The molecule has 0 saturated heterocycles. The third kappa shape index (κ3) is 1.80. The van der Waals surface area contributed by atoms with E-state index in [0.29, 0.717) is 0 Å². The fourth-order valence-corrected chi connectivity index (χ4v) is 2.45. The van der Waals surface area contributed by atoms with Crippen LogP contribution in [0.2, 0.25) is 0 Å².